The van der Waals surface area contributed by atoms with Crippen molar-refractivity contribution in [3.63, 3.8) is 0 Å². The Balaban J connectivity index is 1.95. The van der Waals surface area contributed by atoms with E-state index in [0.29, 0.717) is 19.1 Å². The van der Waals surface area contributed by atoms with Crippen LogP contribution in [0.4, 0.5) is 0 Å². The van der Waals surface area contributed by atoms with Crippen LogP contribution in [0.5, 0.6) is 0 Å². The zero-order chi connectivity index (χ0) is 13.0. The van der Waals surface area contributed by atoms with Gasteiger partial charge in [0.15, 0.2) is 5.79 Å². The van der Waals surface area contributed by atoms with Crippen LogP contribution in [0.2, 0.25) is 0 Å². The molecule has 0 N–H and O–H groups in total. The SMILES string of the molecule is COC(=O)[C@H]1CC(C)(C)[C@H]2CCC3(OCCO3)[C@@H]12. The summed E-state index contributed by atoms with van der Waals surface area (Å²) in [4.78, 5) is 12.1. The van der Waals surface area contributed by atoms with Gasteiger partial charge in [-0.1, -0.05) is 13.8 Å². The van der Waals surface area contributed by atoms with E-state index in [1.54, 1.807) is 0 Å². The predicted octanol–water partition coefficient (Wildman–Crippen LogP) is 1.97. The highest BCUT2D eigenvalue weighted by atomic mass is 16.7. The van der Waals surface area contributed by atoms with Crippen molar-refractivity contribution >= 4 is 5.97 Å². The lowest BCUT2D eigenvalue weighted by molar-refractivity contribution is -0.199. The van der Waals surface area contributed by atoms with E-state index < -0.39 is 5.79 Å². The van der Waals surface area contributed by atoms with Crippen LogP contribution >= 0.6 is 0 Å². The lowest BCUT2D eigenvalue weighted by Crippen LogP contribution is -2.41. The molecule has 102 valence electrons. The van der Waals surface area contributed by atoms with Gasteiger partial charge in [-0.15, -0.1) is 0 Å². The molecular weight excluding hydrogens is 232 g/mol. The number of rotatable bonds is 1. The number of methoxy groups -OCH3 is 1. The zero-order valence-electron chi connectivity index (χ0n) is 11.4. The quantitative estimate of drug-likeness (QED) is 0.671. The first-order valence-corrected chi connectivity index (χ1v) is 6.86. The minimum absolute atomic E-state index is 0.0735. The summed E-state index contributed by atoms with van der Waals surface area (Å²) in [7, 11) is 1.47. The van der Waals surface area contributed by atoms with Gasteiger partial charge in [0, 0.05) is 12.3 Å². The Labute approximate surface area is 108 Å². The molecule has 18 heavy (non-hydrogen) atoms. The molecule has 0 bridgehead atoms. The number of hydrogen-bond donors (Lipinski definition) is 0. The summed E-state index contributed by atoms with van der Waals surface area (Å²) in [5.41, 5.74) is 0.169. The number of esters is 1. The maximum Gasteiger partial charge on any atom is 0.309 e. The fourth-order valence-electron chi connectivity index (χ4n) is 4.51. The fourth-order valence-corrected chi connectivity index (χ4v) is 4.51. The molecule has 2 saturated carbocycles. The summed E-state index contributed by atoms with van der Waals surface area (Å²) < 4.78 is 16.8. The fraction of sp³-hybridized carbons (Fsp3) is 0.929. The third-order valence-electron chi connectivity index (χ3n) is 5.21. The molecule has 0 aromatic heterocycles. The van der Waals surface area contributed by atoms with Crippen LogP contribution in [0.25, 0.3) is 0 Å². The molecule has 1 aliphatic heterocycles. The summed E-state index contributed by atoms with van der Waals surface area (Å²) >= 11 is 0. The minimum atomic E-state index is -0.503. The van der Waals surface area contributed by atoms with Crippen LogP contribution in [-0.2, 0) is 19.0 Å². The second-order valence-electron chi connectivity index (χ2n) is 6.50. The van der Waals surface area contributed by atoms with Gasteiger partial charge >= 0.3 is 5.97 Å². The molecule has 0 aromatic carbocycles. The first kappa shape index (κ1) is 12.4. The van der Waals surface area contributed by atoms with E-state index in [0.717, 1.165) is 19.3 Å². The molecule has 0 unspecified atom stereocenters. The van der Waals surface area contributed by atoms with Gasteiger partial charge in [-0.2, -0.15) is 0 Å². The molecule has 3 atom stereocenters. The van der Waals surface area contributed by atoms with Crippen molar-refractivity contribution in [2.75, 3.05) is 20.3 Å². The monoisotopic (exact) mass is 254 g/mol. The van der Waals surface area contributed by atoms with Gasteiger partial charge in [0.2, 0.25) is 0 Å². The van der Waals surface area contributed by atoms with Gasteiger partial charge in [-0.25, -0.2) is 0 Å². The lowest BCUT2D eigenvalue weighted by atomic mass is 9.79. The number of fused-ring (bicyclic) bond motifs is 2. The van der Waals surface area contributed by atoms with E-state index in [4.69, 9.17) is 14.2 Å². The molecule has 4 heteroatoms. The molecule has 2 aliphatic carbocycles. The van der Waals surface area contributed by atoms with Gasteiger partial charge in [0.1, 0.15) is 0 Å². The number of hydrogen-bond acceptors (Lipinski definition) is 4. The average molecular weight is 254 g/mol. The van der Waals surface area contributed by atoms with Gasteiger partial charge in [0.05, 0.1) is 26.2 Å². The van der Waals surface area contributed by atoms with Crippen LogP contribution in [0.3, 0.4) is 0 Å². The molecule has 0 aromatic rings. The predicted molar refractivity (Wildman–Crippen MR) is 64.8 cm³/mol. The van der Waals surface area contributed by atoms with E-state index >= 15 is 0 Å². The highest BCUT2D eigenvalue weighted by Crippen LogP contribution is 2.62. The minimum Gasteiger partial charge on any atom is -0.469 e. The van der Waals surface area contributed by atoms with Crippen LogP contribution < -0.4 is 0 Å². The normalized spacial score (nSPS) is 40.1. The summed E-state index contributed by atoms with van der Waals surface area (Å²) in [6, 6.07) is 0. The maximum atomic E-state index is 12.1. The maximum absolute atomic E-state index is 12.1. The Morgan fingerprint density at radius 3 is 2.56 bits per heavy atom. The van der Waals surface area contributed by atoms with E-state index in [2.05, 4.69) is 13.8 Å². The highest BCUT2D eigenvalue weighted by molar-refractivity contribution is 5.73. The number of ether oxygens (including phenoxy) is 3. The lowest BCUT2D eigenvalue weighted by Gasteiger charge is -2.32. The third-order valence-corrected chi connectivity index (χ3v) is 5.21. The van der Waals surface area contributed by atoms with Crippen molar-refractivity contribution in [1.29, 1.82) is 0 Å². The molecule has 1 saturated heterocycles. The molecule has 4 nitrogen and oxygen atoms in total. The highest BCUT2D eigenvalue weighted by Gasteiger charge is 2.65. The average Bonchev–Trinajstić information content (AvgIpc) is 2.99. The standard InChI is InChI=1S/C14H22O4/c1-13(2)8-9(12(15)16-3)11-10(13)4-5-14(11)17-6-7-18-14/h9-11H,4-8H2,1-3H3/t9-,10-,11-/m0/s1. The van der Waals surface area contributed by atoms with E-state index in [1.165, 1.54) is 7.11 Å². The van der Waals surface area contributed by atoms with Crippen molar-refractivity contribution in [2.24, 2.45) is 23.2 Å². The molecule has 0 amide bonds. The second-order valence-corrected chi connectivity index (χ2v) is 6.50. The Morgan fingerprint density at radius 2 is 1.94 bits per heavy atom. The Hall–Kier alpha value is -0.610. The van der Waals surface area contributed by atoms with Crippen molar-refractivity contribution in [3.8, 4) is 0 Å². The second kappa shape index (κ2) is 3.94. The van der Waals surface area contributed by atoms with Crippen LogP contribution in [-0.4, -0.2) is 32.1 Å². The third kappa shape index (κ3) is 1.55. The van der Waals surface area contributed by atoms with Crippen LogP contribution in [0, 0.1) is 23.2 Å². The Morgan fingerprint density at radius 1 is 1.28 bits per heavy atom. The van der Waals surface area contributed by atoms with Gasteiger partial charge in [-0.3, -0.25) is 4.79 Å². The van der Waals surface area contributed by atoms with E-state index in [-0.39, 0.29) is 23.2 Å². The first-order chi connectivity index (χ1) is 8.50. The Kier molecular flexibility index (Phi) is 2.72. The van der Waals surface area contributed by atoms with E-state index in [1.807, 2.05) is 0 Å². The van der Waals surface area contributed by atoms with Gasteiger partial charge in [-0.05, 0) is 24.2 Å². The number of carbonyl (C=O) groups excluding carboxylic acids is 1. The molecule has 1 heterocycles. The molecule has 0 radical (unpaired) electrons. The smallest absolute Gasteiger partial charge is 0.309 e. The first-order valence-electron chi connectivity index (χ1n) is 6.86. The molecule has 1 spiro atoms. The number of carbonyl (C=O) groups is 1. The van der Waals surface area contributed by atoms with Crippen molar-refractivity contribution in [1.82, 2.24) is 0 Å². The summed E-state index contributed by atoms with van der Waals surface area (Å²) in [6.07, 6.45) is 2.88. The Bertz CT molecular complexity index is 357. The van der Waals surface area contributed by atoms with Crippen LogP contribution in [0.1, 0.15) is 33.1 Å². The largest absolute Gasteiger partial charge is 0.469 e. The topological polar surface area (TPSA) is 44.8 Å². The summed E-state index contributed by atoms with van der Waals surface area (Å²) in [5, 5.41) is 0. The zero-order valence-corrected chi connectivity index (χ0v) is 11.4. The van der Waals surface area contributed by atoms with Gasteiger partial charge in [0.25, 0.3) is 0 Å². The van der Waals surface area contributed by atoms with Crippen LogP contribution in [0.15, 0.2) is 0 Å². The van der Waals surface area contributed by atoms with Crippen molar-refractivity contribution in [3.05, 3.63) is 0 Å². The molecule has 3 rings (SSSR count). The molecular formula is C14H22O4. The van der Waals surface area contributed by atoms with Crippen molar-refractivity contribution < 1.29 is 19.0 Å². The summed E-state index contributed by atoms with van der Waals surface area (Å²) in [5.74, 6) is -0.00852. The van der Waals surface area contributed by atoms with E-state index in [9.17, 15) is 4.79 Å². The molecule has 3 aliphatic rings. The summed E-state index contributed by atoms with van der Waals surface area (Å²) in [6.45, 7) is 5.80. The van der Waals surface area contributed by atoms with Gasteiger partial charge < -0.3 is 14.2 Å². The molecule has 3 fully saturated rings. The van der Waals surface area contributed by atoms with Crippen molar-refractivity contribution in [2.45, 2.75) is 38.9 Å².